The molecule has 2 aliphatic carbocycles. The average molecular weight is 380 g/mol. The Balaban J connectivity index is 2.07. The zero-order chi connectivity index (χ0) is 19.8. The molecule has 3 rings (SSSR count). The Morgan fingerprint density at radius 3 is 2.74 bits per heavy atom. The third kappa shape index (κ3) is 4.12. The van der Waals surface area contributed by atoms with E-state index in [4.69, 9.17) is 16.9 Å². The minimum atomic E-state index is -4.45. The van der Waals surface area contributed by atoms with Crippen molar-refractivity contribution in [3.05, 3.63) is 29.3 Å². The summed E-state index contributed by atoms with van der Waals surface area (Å²) < 4.78 is 39.0. The van der Waals surface area contributed by atoms with Gasteiger partial charge in [-0.1, -0.05) is 32.3 Å². The molecule has 0 aliphatic heterocycles. The zero-order valence-corrected chi connectivity index (χ0v) is 15.6. The Hall–Kier alpha value is -2.05. The molecule has 3 unspecified atom stereocenters. The molecule has 5 N–H and O–H groups in total. The molecule has 3 atom stereocenters. The number of rotatable bonds is 4. The summed E-state index contributed by atoms with van der Waals surface area (Å²) in [5.74, 6) is -0.0609. The number of halogens is 3. The lowest BCUT2D eigenvalue weighted by molar-refractivity contribution is -0.120. The van der Waals surface area contributed by atoms with E-state index in [-0.39, 0.29) is 11.1 Å². The smallest absolute Gasteiger partial charge is 0.394 e. The lowest BCUT2D eigenvalue weighted by Gasteiger charge is -2.41. The van der Waals surface area contributed by atoms with Gasteiger partial charge in [0.1, 0.15) is 5.84 Å². The number of benzene rings is 1. The number of nitrogen functional groups attached to an aromatic ring is 1. The zero-order valence-electron chi connectivity index (χ0n) is 15.6. The van der Waals surface area contributed by atoms with Crippen LogP contribution in [0.5, 0.6) is 0 Å². The van der Waals surface area contributed by atoms with Gasteiger partial charge in [-0.3, -0.25) is 10.4 Å². The number of aliphatic imine (C=N–C) groups is 1. The molecule has 0 saturated heterocycles. The third-order valence-corrected chi connectivity index (χ3v) is 6.11. The maximum atomic E-state index is 13.0. The molecule has 0 heterocycles. The van der Waals surface area contributed by atoms with Crippen LogP contribution >= 0.6 is 0 Å². The second-order valence-electron chi connectivity index (χ2n) is 8.05. The number of fused-ring (bicyclic) bond motifs is 1. The second kappa shape index (κ2) is 7.17. The van der Waals surface area contributed by atoms with Crippen molar-refractivity contribution < 1.29 is 13.2 Å². The van der Waals surface area contributed by atoms with E-state index in [1.54, 1.807) is 0 Å². The first-order valence-corrected chi connectivity index (χ1v) is 9.49. The molecule has 0 bridgehead atoms. The highest BCUT2D eigenvalue weighted by Gasteiger charge is 2.49. The van der Waals surface area contributed by atoms with Crippen LogP contribution in [0.1, 0.15) is 62.6 Å². The van der Waals surface area contributed by atoms with Gasteiger partial charge in [0.15, 0.2) is 0 Å². The fraction of sp³-hybridized carbons (Fsp3) is 0.600. The summed E-state index contributed by atoms with van der Waals surface area (Å²) in [5.41, 5.74) is 13.4. The molecule has 0 aromatic heterocycles. The maximum Gasteiger partial charge on any atom is 0.394 e. The highest BCUT2D eigenvalue weighted by Crippen LogP contribution is 2.57. The van der Waals surface area contributed by atoms with E-state index in [1.165, 1.54) is 0 Å². The number of amidine groups is 1. The molecule has 7 heteroatoms. The van der Waals surface area contributed by atoms with Crippen molar-refractivity contribution >= 4 is 17.2 Å². The van der Waals surface area contributed by atoms with Crippen LogP contribution in [-0.2, 0) is 6.42 Å². The van der Waals surface area contributed by atoms with E-state index in [2.05, 4.69) is 11.9 Å². The highest BCUT2D eigenvalue weighted by atomic mass is 19.4. The molecule has 27 heavy (non-hydrogen) atoms. The minimum Gasteiger partial charge on any atom is -0.399 e. The number of nitrogens with zero attached hydrogens (tertiary/aromatic N) is 1. The first-order valence-electron chi connectivity index (χ1n) is 9.49. The molecular weight excluding hydrogens is 353 g/mol. The average Bonchev–Trinajstić information content (AvgIpc) is 2.85. The van der Waals surface area contributed by atoms with Crippen LogP contribution in [0.25, 0.3) is 0 Å². The Bertz CT molecular complexity index is 756. The lowest BCUT2D eigenvalue weighted by Crippen LogP contribution is -2.34. The first-order chi connectivity index (χ1) is 12.6. The number of hydrogen-bond acceptors (Lipinski definition) is 3. The molecule has 1 aromatic rings. The summed E-state index contributed by atoms with van der Waals surface area (Å²) >= 11 is 0. The van der Waals surface area contributed by atoms with Crippen LogP contribution in [0.3, 0.4) is 0 Å². The summed E-state index contributed by atoms with van der Waals surface area (Å²) in [6, 6.07) is 5.21. The molecule has 1 fully saturated rings. The van der Waals surface area contributed by atoms with Crippen LogP contribution in [0.2, 0.25) is 0 Å². The van der Waals surface area contributed by atoms with Gasteiger partial charge in [0.25, 0.3) is 0 Å². The quantitative estimate of drug-likeness (QED) is 0.399. The minimum absolute atomic E-state index is 0.207. The number of anilines is 1. The fourth-order valence-electron chi connectivity index (χ4n) is 4.88. The summed E-state index contributed by atoms with van der Waals surface area (Å²) in [5, 5.41) is 7.62. The van der Waals surface area contributed by atoms with Crippen molar-refractivity contribution in [1.82, 2.24) is 0 Å². The van der Waals surface area contributed by atoms with Gasteiger partial charge in [0.05, 0.1) is 18.2 Å². The van der Waals surface area contributed by atoms with E-state index >= 15 is 0 Å². The third-order valence-electron chi connectivity index (χ3n) is 6.11. The Labute approximate surface area is 157 Å². The van der Waals surface area contributed by atoms with Gasteiger partial charge >= 0.3 is 6.18 Å². The van der Waals surface area contributed by atoms with E-state index in [9.17, 15) is 13.2 Å². The van der Waals surface area contributed by atoms with E-state index < -0.39 is 24.5 Å². The van der Waals surface area contributed by atoms with Crippen LogP contribution < -0.4 is 11.5 Å². The van der Waals surface area contributed by atoms with Gasteiger partial charge in [-0.15, -0.1) is 0 Å². The molecule has 1 saturated carbocycles. The van der Waals surface area contributed by atoms with Crippen molar-refractivity contribution in [2.75, 3.05) is 5.73 Å². The maximum absolute atomic E-state index is 13.0. The van der Waals surface area contributed by atoms with Gasteiger partial charge in [0.2, 0.25) is 0 Å². The molecule has 0 radical (unpaired) electrons. The summed E-state index contributed by atoms with van der Waals surface area (Å²) in [7, 11) is 0. The molecule has 4 nitrogen and oxygen atoms in total. The topological polar surface area (TPSA) is 88.2 Å². The van der Waals surface area contributed by atoms with Crippen molar-refractivity contribution in [2.45, 2.75) is 64.1 Å². The van der Waals surface area contributed by atoms with Crippen LogP contribution in [0.15, 0.2) is 23.2 Å². The summed E-state index contributed by atoms with van der Waals surface area (Å²) in [6.07, 6.45) is 0.172. The lowest BCUT2D eigenvalue weighted by atomic mass is 9.65. The van der Waals surface area contributed by atoms with Gasteiger partial charge in [-0.05, 0) is 48.4 Å². The van der Waals surface area contributed by atoms with E-state index in [0.29, 0.717) is 11.6 Å². The summed E-state index contributed by atoms with van der Waals surface area (Å²) in [4.78, 5) is 4.48. The van der Waals surface area contributed by atoms with Crippen LogP contribution in [-0.4, -0.2) is 17.7 Å². The van der Waals surface area contributed by atoms with E-state index in [1.807, 2.05) is 18.2 Å². The highest BCUT2D eigenvalue weighted by molar-refractivity contribution is 6.39. The largest absolute Gasteiger partial charge is 0.399 e. The van der Waals surface area contributed by atoms with Gasteiger partial charge in [-0.2, -0.15) is 13.2 Å². The van der Waals surface area contributed by atoms with Crippen molar-refractivity contribution in [1.29, 1.82) is 5.41 Å². The number of alkyl halides is 3. The van der Waals surface area contributed by atoms with Gasteiger partial charge < -0.3 is 11.5 Å². The SMILES string of the molecule is CCC1CCCC2(Cc3ccc(N)cc3C2N=C(CC(F)(F)F)C(=N)N)C1. The monoisotopic (exact) mass is 380 g/mol. The van der Waals surface area contributed by atoms with E-state index in [0.717, 1.165) is 49.7 Å². The Morgan fingerprint density at radius 1 is 1.37 bits per heavy atom. The molecule has 1 aromatic carbocycles. The predicted octanol–water partition coefficient (Wildman–Crippen LogP) is 4.78. The standard InChI is InChI=1S/C20H27F3N4/c1-2-12-4-3-7-19(9-12)10-13-5-6-14(24)8-15(13)17(19)27-16(18(25)26)11-20(21,22)23/h5-6,8,12,17H,2-4,7,9-11,24H2,1H3,(H3,25,26). The van der Waals surface area contributed by atoms with Crippen LogP contribution in [0, 0.1) is 16.7 Å². The Morgan fingerprint density at radius 2 is 2.11 bits per heavy atom. The molecule has 2 aliphatic rings. The number of hydrogen-bond donors (Lipinski definition) is 3. The number of nitrogens with one attached hydrogen (secondary N) is 1. The van der Waals surface area contributed by atoms with Crippen molar-refractivity contribution in [3.8, 4) is 0 Å². The molecule has 0 amide bonds. The van der Waals surface area contributed by atoms with Crippen molar-refractivity contribution in [2.24, 2.45) is 22.1 Å². The normalized spacial score (nSPS) is 28.4. The second-order valence-corrected chi connectivity index (χ2v) is 8.05. The number of nitrogens with two attached hydrogens (primary N) is 2. The predicted molar refractivity (Wildman–Crippen MR) is 102 cm³/mol. The molecule has 1 spiro atoms. The van der Waals surface area contributed by atoms with Gasteiger partial charge in [-0.25, -0.2) is 0 Å². The Kier molecular flexibility index (Phi) is 5.23. The summed E-state index contributed by atoms with van der Waals surface area (Å²) in [6.45, 7) is 2.16. The van der Waals surface area contributed by atoms with Crippen LogP contribution in [0.4, 0.5) is 18.9 Å². The van der Waals surface area contributed by atoms with Gasteiger partial charge in [0, 0.05) is 11.1 Å². The molecule has 148 valence electrons. The first kappa shape index (κ1) is 19.7. The fourth-order valence-corrected chi connectivity index (χ4v) is 4.88. The molecular formula is C20H27F3N4. The van der Waals surface area contributed by atoms with Crippen molar-refractivity contribution in [3.63, 3.8) is 0 Å².